The highest BCUT2D eigenvalue weighted by atomic mass is 32.2. The van der Waals surface area contributed by atoms with Crippen molar-refractivity contribution in [1.29, 1.82) is 0 Å². The molecule has 0 N–H and O–H groups in total. The van der Waals surface area contributed by atoms with Crippen molar-refractivity contribution < 1.29 is 18.0 Å². The van der Waals surface area contributed by atoms with Crippen molar-refractivity contribution >= 4 is 22.0 Å². The molecule has 0 atom stereocenters. The molecule has 3 amide bonds. The molecule has 0 bridgehead atoms. The molecule has 2 saturated heterocycles. The smallest absolute Gasteiger partial charge is 0.320 e. The fourth-order valence-electron chi connectivity index (χ4n) is 5.11. The number of hydrogen-bond acceptors (Lipinski definition) is 4. The molecule has 0 radical (unpaired) electrons. The normalized spacial score (nSPS) is 18.3. The van der Waals surface area contributed by atoms with E-state index in [2.05, 4.69) is 0 Å². The van der Waals surface area contributed by atoms with Gasteiger partial charge in [0.25, 0.3) is 0 Å². The van der Waals surface area contributed by atoms with Crippen molar-refractivity contribution in [1.82, 2.24) is 19.0 Å². The standard InChI is InChI=1S/C25H40N4O4S/c1-7-26(8-2)25(31)28-15-13-27(14-16-28)24(30)22-9-11-29(12-10-22)34(32,33)23-20(5)18(3)17-19(4)21(23)6/h17,22H,7-16H2,1-6H3. The average Bonchev–Trinajstić information content (AvgIpc) is 2.83. The first-order chi connectivity index (χ1) is 16.0. The van der Waals surface area contributed by atoms with Crippen molar-refractivity contribution in [2.45, 2.75) is 59.3 Å². The molecule has 2 aliphatic rings. The van der Waals surface area contributed by atoms with Crippen LogP contribution in [0.15, 0.2) is 11.0 Å². The highest BCUT2D eigenvalue weighted by Crippen LogP contribution is 2.31. The van der Waals surface area contributed by atoms with Crippen LogP contribution in [0.3, 0.4) is 0 Å². The van der Waals surface area contributed by atoms with E-state index in [4.69, 9.17) is 0 Å². The van der Waals surface area contributed by atoms with E-state index < -0.39 is 10.0 Å². The maximum absolute atomic E-state index is 13.5. The number of amides is 3. The van der Waals surface area contributed by atoms with Gasteiger partial charge in [-0.1, -0.05) is 6.07 Å². The number of nitrogens with zero attached hydrogens (tertiary/aromatic N) is 4. The van der Waals surface area contributed by atoms with Gasteiger partial charge in [-0.3, -0.25) is 4.79 Å². The zero-order valence-corrected chi connectivity index (χ0v) is 22.4. The molecule has 2 heterocycles. The Balaban J connectivity index is 1.60. The van der Waals surface area contributed by atoms with Crippen LogP contribution < -0.4 is 0 Å². The maximum Gasteiger partial charge on any atom is 0.320 e. The second-order valence-corrected chi connectivity index (χ2v) is 11.4. The molecule has 1 aromatic rings. The van der Waals surface area contributed by atoms with E-state index in [1.165, 1.54) is 0 Å². The number of piperazine rings is 1. The Bertz CT molecular complexity index is 994. The van der Waals surface area contributed by atoms with E-state index >= 15 is 0 Å². The molecule has 8 nitrogen and oxygen atoms in total. The van der Waals surface area contributed by atoms with Crippen molar-refractivity contribution in [2.75, 3.05) is 52.4 Å². The summed E-state index contributed by atoms with van der Waals surface area (Å²) in [5.74, 6) is -0.0799. The van der Waals surface area contributed by atoms with Crippen LogP contribution in [0.5, 0.6) is 0 Å². The van der Waals surface area contributed by atoms with Crippen LogP contribution in [0.4, 0.5) is 4.79 Å². The van der Waals surface area contributed by atoms with Gasteiger partial charge in [0.15, 0.2) is 0 Å². The number of piperidine rings is 1. The minimum Gasteiger partial charge on any atom is -0.339 e. The lowest BCUT2D eigenvalue weighted by Crippen LogP contribution is -2.55. The van der Waals surface area contributed by atoms with E-state index in [0.717, 1.165) is 22.3 Å². The summed E-state index contributed by atoms with van der Waals surface area (Å²) in [5.41, 5.74) is 3.56. The average molecular weight is 493 g/mol. The Morgan fingerprint density at radius 3 is 1.79 bits per heavy atom. The van der Waals surface area contributed by atoms with Gasteiger partial charge in [-0.2, -0.15) is 4.31 Å². The maximum atomic E-state index is 13.5. The second-order valence-electron chi connectivity index (χ2n) is 9.54. The molecule has 0 aliphatic carbocycles. The van der Waals surface area contributed by atoms with E-state index in [9.17, 15) is 18.0 Å². The number of benzene rings is 1. The molecule has 0 aromatic heterocycles. The molecule has 1 aromatic carbocycles. The summed E-state index contributed by atoms with van der Waals surface area (Å²) in [5, 5.41) is 0. The SMILES string of the molecule is CCN(CC)C(=O)N1CCN(C(=O)C2CCN(S(=O)(=O)c3c(C)c(C)cc(C)c3C)CC2)CC1. The molecule has 9 heteroatoms. The topological polar surface area (TPSA) is 81.2 Å². The first kappa shape index (κ1) is 26.5. The van der Waals surface area contributed by atoms with Crippen molar-refractivity contribution in [3.05, 3.63) is 28.3 Å². The number of rotatable bonds is 5. The van der Waals surface area contributed by atoms with Crippen LogP contribution in [0.1, 0.15) is 48.9 Å². The van der Waals surface area contributed by atoms with Gasteiger partial charge in [-0.25, -0.2) is 13.2 Å². The van der Waals surface area contributed by atoms with E-state index in [1.54, 1.807) is 9.21 Å². The lowest BCUT2D eigenvalue weighted by Gasteiger charge is -2.39. The van der Waals surface area contributed by atoms with E-state index in [1.807, 2.05) is 57.4 Å². The zero-order valence-electron chi connectivity index (χ0n) is 21.6. The lowest BCUT2D eigenvalue weighted by molar-refractivity contribution is -0.138. The molecule has 34 heavy (non-hydrogen) atoms. The third-order valence-electron chi connectivity index (χ3n) is 7.59. The minimum atomic E-state index is -3.61. The Labute approximate surface area is 204 Å². The molecule has 2 aliphatic heterocycles. The molecular weight excluding hydrogens is 452 g/mol. The largest absolute Gasteiger partial charge is 0.339 e. The van der Waals surface area contributed by atoms with Crippen LogP contribution in [0.2, 0.25) is 0 Å². The highest BCUT2D eigenvalue weighted by Gasteiger charge is 2.36. The Kier molecular flexibility index (Phi) is 8.29. The summed E-state index contributed by atoms with van der Waals surface area (Å²) in [4.78, 5) is 31.6. The Morgan fingerprint density at radius 1 is 0.853 bits per heavy atom. The fraction of sp³-hybridized carbons (Fsp3) is 0.680. The second kappa shape index (κ2) is 10.6. The van der Waals surface area contributed by atoms with Gasteiger partial charge in [-0.15, -0.1) is 0 Å². The predicted octanol–water partition coefficient (Wildman–Crippen LogP) is 2.93. The molecular formula is C25H40N4O4S. The van der Waals surface area contributed by atoms with E-state index in [0.29, 0.717) is 70.1 Å². The monoisotopic (exact) mass is 492 g/mol. The summed E-state index contributed by atoms with van der Waals surface area (Å²) < 4.78 is 28.6. The van der Waals surface area contributed by atoms with Gasteiger partial charge in [0.2, 0.25) is 15.9 Å². The molecule has 0 saturated carbocycles. The number of sulfonamides is 1. The fourth-order valence-corrected chi connectivity index (χ4v) is 7.16. The van der Waals surface area contributed by atoms with Gasteiger partial charge < -0.3 is 14.7 Å². The lowest BCUT2D eigenvalue weighted by atomic mass is 9.96. The van der Waals surface area contributed by atoms with Crippen LogP contribution in [0.25, 0.3) is 0 Å². The Hall–Kier alpha value is -2.13. The number of aryl methyl sites for hydroxylation is 2. The van der Waals surface area contributed by atoms with Gasteiger partial charge >= 0.3 is 6.03 Å². The summed E-state index contributed by atoms with van der Waals surface area (Å²) in [6.07, 6.45) is 1.05. The Morgan fingerprint density at radius 2 is 1.32 bits per heavy atom. The third-order valence-corrected chi connectivity index (χ3v) is 9.77. The highest BCUT2D eigenvalue weighted by molar-refractivity contribution is 7.89. The number of hydrogen-bond donors (Lipinski definition) is 0. The molecule has 3 rings (SSSR count). The first-order valence-electron chi connectivity index (χ1n) is 12.4. The van der Waals surface area contributed by atoms with Crippen molar-refractivity contribution in [2.24, 2.45) is 5.92 Å². The van der Waals surface area contributed by atoms with Crippen LogP contribution >= 0.6 is 0 Å². The molecule has 190 valence electrons. The van der Waals surface area contributed by atoms with E-state index in [-0.39, 0.29) is 17.9 Å². The van der Waals surface area contributed by atoms with Gasteiger partial charge in [-0.05, 0) is 76.6 Å². The van der Waals surface area contributed by atoms with Crippen molar-refractivity contribution in [3.8, 4) is 0 Å². The van der Waals surface area contributed by atoms with Crippen LogP contribution in [-0.4, -0.2) is 91.7 Å². The summed E-state index contributed by atoms with van der Waals surface area (Å²) in [6.45, 7) is 15.8. The van der Waals surface area contributed by atoms with Crippen molar-refractivity contribution in [3.63, 3.8) is 0 Å². The number of carbonyl (C=O) groups is 2. The summed E-state index contributed by atoms with van der Waals surface area (Å²) >= 11 is 0. The minimum absolute atomic E-state index is 0.0348. The van der Waals surface area contributed by atoms with Gasteiger partial charge in [0.05, 0.1) is 4.90 Å². The summed E-state index contributed by atoms with van der Waals surface area (Å²) in [6, 6.07) is 2.07. The van der Waals surface area contributed by atoms with Gasteiger partial charge in [0, 0.05) is 58.3 Å². The quantitative estimate of drug-likeness (QED) is 0.633. The summed E-state index contributed by atoms with van der Waals surface area (Å²) in [7, 11) is -3.61. The molecule has 0 spiro atoms. The van der Waals surface area contributed by atoms with Crippen LogP contribution in [-0.2, 0) is 14.8 Å². The molecule has 0 unspecified atom stereocenters. The number of carbonyl (C=O) groups excluding carboxylic acids is 2. The predicted molar refractivity (Wildman–Crippen MR) is 133 cm³/mol. The number of urea groups is 1. The third kappa shape index (κ3) is 5.10. The zero-order chi connectivity index (χ0) is 25.2. The first-order valence-corrected chi connectivity index (χ1v) is 13.9. The van der Waals surface area contributed by atoms with Crippen LogP contribution in [0, 0.1) is 33.6 Å². The van der Waals surface area contributed by atoms with Gasteiger partial charge in [0.1, 0.15) is 0 Å². The molecule has 2 fully saturated rings.